The van der Waals surface area contributed by atoms with Crippen LogP contribution in [0.4, 0.5) is 0 Å². The minimum absolute atomic E-state index is 0.0240. The van der Waals surface area contributed by atoms with Crippen molar-refractivity contribution in [3.63, 3.8) is 0 Å². The second-order valence-corrected chi connectivity index (χ2v) is 4.70. The molecule has 0 spiro atoms. The Hall–Kier alpha value is -1.10. The number of hydrogen-bond donors (Lipinski definition) is 2. The van der Waals surface area contributed by atoms with Crippen LogP contribution in [-0.2, 0) is 9.59 Å². The van der Waals surface area contributed by atoms with Crippen LogP contribution in [-0.4, -0.2) is 49.4 Å². The summed E-state index contributed by atoms with van der Waals surface area (Å²) in [5.74, 6) is 0.357. The molecule has 0 aliphatic carbocycles. The molecule has 17 heavy (non-hydrogen) atoms. The number of nitrogens with one attached hydrogen (secondary N) is 2. The van der Waals surface area contributed by atoms with Gasteiger partial charge in [0.25, 0.3) is 0 Å². The lowest BCUT2D eigenvalue weighted by Gasteiger charge is -2.21. The molecule has 5 nitrogen and oxygen atoms in total. The Bertz CT molecular complexity index is 275. The average Bonchev–Trinajstić information content (AvgIpc) is 2.79. The van der Waals surface area contributed by atoms with Gasteiger partial charge in [0.2, 0.25) is 11.8 Å². The molecule has 0 aromatic heterocycles. The Kier molecular flexibility index (Phi) is 5.41. The van der Waals surface area contributed by atoms with Crippen molar-refractivity contribution < 1.29 is 9.59 Å². The second-order valence-electron chi connectivity index (χ2n) is 4.70. The van der Waals surface area contributed by atoms with E-state index in [0.717, 1.165) is 19.5 Å². The van der Waals surface area contributed by atoms with E-state index in [1.807, 2.05) is 6.92 Å². The van der Waals surface area contributed by atoms with Gasteiger partial charge in [-0.3, -0.25) is 9.59 Å². The molecule has 2 atom stereocenters. The van der Waals surface area contributed by atoms with Crippen LogP contribution in [0.2, 0.25) is 0 Å². The number of carbonyl (C=O) groups excluding carboxylic acids is 2. The van der Waals surface area contributed by atoms with Crippen LogP contribution in [0.3, 0.4) is 0 Å². The zero-order valence-corrected chi connectivity index (χ0v) is 11.0. The number of carbonyl (C=O) groups is 2. The Morgan fingerprint density at radius 1 is 1.53 bits per heavy atom. The summed E-state index contributed by atoms with van der Waals surface area (Å²) in [5.41, 5.74) is 0. The lowest BCUT2D eigenvalue weighted by atomic mass is 10.0. The van der Waals surface area contributed by atoms with Crippen molar-refractivity contribution in [2.24, 2.45) is 5.92 Å². The van der Waals surface area contributed by atoms with Crippen molar-refractivity contribution in [1.29, 1.82) is 0 Å². The Labute approximate surface area is 103 Å². The van der Waals surface area contributed by atoms with Gasteiger partial charge in [0.05, 0.1) is 0 Å². The van der Waals surface area contributed by atoms with Gasteiger partial charge in [0, 0.05) is 20.0 Å². The maximum atomic E-state index is 11.7. The predicted octanol–water partition coefficient (Wildman–Crippen LogP) is -0.0310. The van der Waals surface area contributed by atoms with Crippen LogP contribution in [0.1, 0.15) is 26.7 Å². The maximum Gasteiger partial charge on any atom is 0.244 e. The molecule has 0 aromatic rings. The summed E-state index contributed by atoms with van der Waals surface area (Å²) in [6.07, 6.45) is 1.56. The highest BCUT2D eigenvalue weighted by Crippen LogP contribution is 2.11. The van der Waals surface area contributed by atoms with E-state index in [9.17, 15) is 9.59 Å². The van der Waals surface area contributed by atoms with E-state index in [4.69, 9.17) is 0 Å². The Morgan fingerprint density at radius 2 is 2.24 bits per heavy atom. The third-order valence-corrected chi connectivity index (χ3v) is 3.23. The molecule has 1 aliphatic heterocycles. The zero-order valence-electron chi connectivity index (χ0n) is 11.0. The first-order valence-electron chi connectivity index (χ1n) is 6.29. The summed E-state index contributed by atoms with van der Waals surface area (Å²) < 4.78 is 0. The smallest absolute Gasteiger partial charge is 0.244 e. The Balaban J connectivity index is 2.31. The van der Waals surface area contributed by atoms with Crippen molar-refractivity contribution >= 4 is 11.8 Å². The molecule has 1 heterocycles. The van der Waals surface area contributed by atoms with E-state index in [2.05, 4.69) is 10.6 Å². The number of nitrogens with zero attached hydrogens (tertiary/aromatic N) is 1. The molecule has 98 valence electrons. The molecule has 2 N–H and O–H groups in total. The fourth-order valence-electron chi connectivity index (χ4n) is 2.00. The summed E-state index contributed by atoms with van der Waals surface area (Å²) in [7, 11) is 1.74. The molecule has 0 aromatic carbocycles. The van der Waals surface area contributed by atoms with E-state index < -0.39 is 6.04 Å². The summed E-state index contributed by atoms with van der Waals surface area (Å²) in [4.78, 5) is 25.1. The van der Waals surface area contributed by atoms with Crippen LogP contribution in [0.25, 0.3) is 0 Å². The Morgan fingerprint density at radius 3 is 2.76 bits per heavy atom. The molecule has 1 rings (SSSR count). The highest BCUT2D eigenvalue weighted by atomic mass is 16.2. The van der Waals surface area contributed by atoms with Gasteiger partial charge in [-0.1, -0.05) is 0 Å². The van der Waals surface area contributed by atoms with Crippen LogP contribution >= 0.6 is 0 Å². The predicted molar refractivity (Wildman–Crippen MR) is 66.5 cm³/mol. The number of rotatable bonds is 5. The van der Waals surface area contributed by atoms with Crippen LogP contribution in [0.15, 0.2) is 0 Å². The SMILES string of the molecule is CCN(C)C(=O)C(C)NC(=O)CC1CCNC1. The van der Waals surface area contributed by atoms with Crippen molar-refractivity contribution in [2.45, 2.75) is 32.7 Å². The molecule has 0 saturated carbocycles. The van der Waals surface area contributed by atoms with Gasteiger partial charge in [-0.05, 0) is 39.3 Å². The number of amides is 2. The van der Waals surface area contributed by atoms with Gasteiger partial charge < -0.3 is 15.5 Å². The van der Waals surface area contributed by atoms with E-state index in [1.165, 1.54) is 0 Å². The molecule has 0 bridgehead atoms. The fourth-order valence-corrected chi connectivity index (χ4v) is 2.00. The molecule has 2 amide bonds. The van der Waals surface area contributed by atoms with E-state index in [0.29, 0.717) is 18.9 Å². The molecule has 1 fully saturated rings. The fraction of sp³-hybridized carbons (Fsp3) is 0.833. The number of likely N-dealkylation sites (N-methyl/N-ethyl adjacent to an activating group) is 1. The largest absolute Gasteiger partial charge is 0.345 e. The molecule has 0 radical (unpaired) electrons. The van der Waals surface area contributed by atoms with Gasteiger partial charge in [-0.15, -0.1) is 0 Å². The second kappa shape index (κ2) is 6.59. The van der Waals surface area contributed by atoms with E-state index in [-0.39, 0.29) is 11.8 Å². The lowest BCUT2D eigenvalue weighted by molar-refractivity contribution is -0.134. The van der Waals surface area contributed by atoms with Crippen molar-refractivity contribution in [3.8, 4) is 0 Å². The first-order chi connectivity index (χ1) is 8.04. The van der Waals surface area contributed by atoms with E-state index in [1.54, 1.807) is 18.9 Å². The van der Waals surface area contributed by atoms with Crippen LogP contribution < -0.4 is 10.6 Å². The quantitative estimate of drug-likeness (QED) is 0.710. The van der Waals surface area contributed by atoms with Crippen molar-refractivity contribution in [1.82, 2.24) is 15.5 Å². The summed E-state index contributed by atoms with van der Waals surface area (Å²) in [6.45, 7) is 6.21. The van der Waals surface area contributed by atoms with Crippen LogP contribution in [0, 0.1) is 5.92 Å². The molecular formula is C12H23N3O2. The standard InChI is InChI=1S/C12H23N3O2/c1-4-15(3)12(17)9(2)14-11(16)7-10-5-6-13-8-10/h9-10,13H,4-8H2,1-3H3,(H,14,16). The molecular weight excluding hydrogens is 218 g/mol. The third kappa shape index (κ3) is 4.34. The van der Waals surface area contributed by atoms with Gasteiger partial charge in [-0.2, -0.15) is 0 Å². The number of hydrogen-bond acceptors (Lipinski definition) is 3. The maximum absolute atomic E-state index is 11.7. The average molecular weight is 241 g/mol. The van der Waals surface area contributed by atoms with Crippen molar-refractivity contribution in [3.05, 3.63) is 0 Å². The molecule has 1 aliphatic rings. The molecule has 5 heteroatoms. The summed E-state index contributed by atoms with van der Waals surface area (Å²) >= 11 is 0. The monoisotopic (exact) mass is 241 g/mol. The van der Waals surface area contributed by atoms with Gasteiger partial charge >= 0.3 is 0 Å². The zero-order chi connectivity index (χ0) is 12.8. The van der Waals surface area contributed by atoms with Gasteiger partial charge in [0.1, 0.15) is 6.04 Å². The normalized spacial score (nSPS) is 21.0. The van der Waals surface area contributed by atoms with Gasteiger partial charge in [0.15, 0.2) is 0 Å². The molecule has 1 saturated heterocycles. The van der Waals surface area contributed by atoms with Crippen LogP contribution in [0.5, 0.6) is 0 Å². The topological polar surface area (TPSA) is 61.4 Å². The molecule has 2 unspecified atom stereocenters. The van der Waals surface area contributed by atoms with E-state index >= 15 is 0 Å². The highest BCUT2D eigenvalue weighted by Gasteiger charge is 2.22. The summed E-state index contributed by atoms with van der Waals surface area (Å²) in [6, 6.07) is -0.429. The third-order valence-electron chi connectivity index (χ3n) is 3.23. The minimum atomic E-state index is -0.429. The minimum Gasteiger partial charge on any atom is -0.345 e. The summed E-state index contributed by atoms with van der Waals surface area (Å²) in [5, 5.41) is 5.99. The van der Waals surface area contributed by atoms with Gasteiger partial charge in [-0.25, -0.2) is 0 Å². The van der Waals surface area contributed by atoms with Crippen molar-refractivity contribution in [2.75, 3.05) is 26.7 Å². The first-order valence-corrected chi connectivity index (χ1v) is 6.29. The first kappa shape index (κ1) is 14.0. The lowest BCUT2D eigenvalue weighted by Crippen LogP contribution is -2.45. The highest BCUT2D eigenvalue weighted by molar-refractivity contribution is 5.87.